The Bertz CT molecular complexity index is 1270. The lowest BCUT2D eigenvalue weighted by atomic mass is 10.0. The van der Waals surface area contributed by atoms with Crippen LogP contribution in [-0.4, -0.2) is 37.6 Å². The molecule has 1 N–H and O–H groups in total. The number of fused-ring (bicyclic) bond motifs is 2. The fourth-order valence-corrected chi connectivity index (χ4v) is 3.83. The zero-order valence-corrected chi connectivity index (χ0v) is 17.9. The molecular formula is C23H23FN6O2. The fraction of sp³-hybridized carbons (Fsp3) is 0.304. The summed E-state index contributed by atoms with van der Waals surface area (Å²) >= 11 is 0. The lowest BCUT2D eigenvalue weighted by Gasteiger charge is -2.13. The minimum atomic E-state index is -0.251. The first kappa shape index (κ1) is 20.2. The second kappa shape index (κ2) is 8.41. The van der Waals surface area contributed by atoms with E-state index >= 15 is 0 Å². The molecular weight excluding hydrogens is 411 g/mol. The van der Waals surface area contributed by atoms with Crippen LogP contribution in [0, 0.1) is 12.7 Å². The van der Waals surface area contributed by atoms with Gasteiger partial charge in [-0.3, -0.25) is 4.40 Å². The highest BCUT2D eigenvalue weighted by atomic mass is 19.1. The van der Waals surface area contributed by atoms with E-state index in [1.807, 2.05) is 24.4 Å². The average Bonchev–Trinajstić information content (AvgIpc) is 3.43. The first-order valence-corrected chi connectivity index (χ1v) is 10.6. The molecule has 1 aromatic carbocycles. The number of hydrogen-bond donors (Lipinski definition) is 1. The molecule has 8 nitrogen and oxygen atoms in total. The third-order valence-corrected chi connectivity index (χ3v) is 5.35. The maximum Gasteiger partial charge on any atom is 0.316 e. The number of nitrogens with one attached hydrogen (secondary N) is 1. The van der Waals surface area contributed by atoms with Crippen LogP contribution in [0.1, 0.15) is 30.2 Å². The molecule has 0 spiro atoms. The quantitative estimate of drug-likeness (QED) is 0.471. The average molecular weight is 434 g/mol. The lowest BCUT2D eigenvalue weighted by molar-refractivity contribution is 0.292. The topological polar surface area (TPSA) is 86.5 Å². The van der Waals surface area contributed by atoms with Crippen molar-refractivity contribution in [1.29, 1.82) is 0 Å². The van der Waals surface area contributed by atoms with Gasteiger partial charge in [0.2, 0.25) is 5.95 Å². The number of aromatic nitrogens is 5. The number of aryl methyl sites for hydroxylation is 1. The van der Waals surface area contributed by atoms with E-state index in [0.717, 1.165) is 34.6 Å². The number of hydrogen-bond acceptors (Lipinski definition) is 7. The van der Waals surface area contributed by atoms with E-state index < -0.39 is 0 Å². The summed E-state index contributed by atoms with van der Waals surface area (Å²) in [5, 5.41) is 3.26. The molecule has 0 saturated heterocycles. The van der Waals surface area contributed by atoms with Crippen molar-refractivity contribution in [1.82, 2.24) is 24.3 Å². The Morgan fingerprint density at radius 2 is 2.03 bits per heavy atom. The molecule has 0 atom stereocenters. The maximum atomic E-state index is 14.5. The Labute approximate surface area is 184 Å². The highest BCUT2D eigenvalue weighted by Crippen LogP contribution is 2.31. The van der Waals surface area contributed by atoms with Crippen molar-refractivity contribution < 1.29 is 13.9 Å². The Morgan fingerprint density at radius 3 is 2.84 bits per heavy atom. The second-order valence-electron chi connectivity index (χ2n) is 7.63. The van der Waals surface area contributed by atoms with Crippen LogP contribution in [0.2, 0.25) is 0 Å². The van der Waals surface area contributed by atoms with E-state index in [0.29, 0.717) is 49.3 Å². The molecule has 0 unspecified atom stereocenters. The number of halogens is 1. The van der Waals surface area contributed by atoms with Crippen molar-refractivity contribution in [3.05, 3.63) is 59.6 Å². The van der Waals surface area contributed by atoms with E-state index in [2.05, 4.69) is 25.3 Å². The molecule has 9 heteroatoms. The third kappa shape index (κ3) is 3.70. The molecule has 0 fully saturated rings. The summed E-state index contributed by atoms with van der Waals surface area (Å²) in [7, 11) is 0. The van der Waals surface area contributed by atoms with Gasteiger partial charge in [-0.15, -0.1) is 0 Å². The number of benzene rings is 1. The van der Waals surface area contributed by atoms with Gasteiger partial charge in [-0.05, 0) is 25.5 Å². The van der Waals surface area contributed by atoms with Gasteiger partial charge in [0, 0.05) is 60.0 Å². The van der Waals surface area contributed by atoms with Gasteiger partial charge in [0.05, 0.1) is 18.9 Å². The van der Waals surface area contributed by atoms with Crippen LogP contribution in [0.3, 0.4) is 0 Å². The molecule has 164 valence electrons. The van der Waals surface area contributed by atoms with Gasteiger partial charge in [-0.1, -0.05) is 6.92 Å². The summed E-state index contributed by atoms with van der Waals surface area (Å²) in [4.78, 5) is 17.8. The van der Waals surface area contributed by atoms with E-state index in [9.17, 15) is 4.39 Å². The molecule has 4 aromatic rings. The number of imidazole rings is 1. The Hall–Kier alpha value is -3.75. The summed E-state index contributed by atoms with van der Waals surface area (Å²) in [6.45, 7) is 5.39. The van der Waals surface area contributed by atoms with Crippen LogP contribution in [0.15, 0.2) is 36.9 Å². The number of nitrogens with zero attached hydrogens (tertiary/aromatic N) is 5. The molecule has 0 amide bonds. The maximum absolute atomic E-state index is 14.5. The SMILES string of the molecule is CCCOc1ncc(-c2cnc(NCc3c(F)ccc4c3CCO4)n3cc(C)nc23)cn1. The first-order valence-electron chi connectivity index (χ1n) is 10.6. The first-order chi connectivity index (χ1) is 15.6. The molecule has 5 rings (SSSR count). The molecule has 0 radical (unpaired) electrons. The summed E-state index contributed by atoms with van der Waals surface area (Å²) in [6.07, 6.45) is 8.62. The van der Waals surface area contributed by atoms with E-state index in [1.165, 1.54) is 6.07 Å². The molecule has 4 heterocycles. The van der Waals surface area contributed by atoms with Gasteiger partial charge in [-0.25, -0.2) is 24.3 Å². The minimum absolute atomic E-state index is 0.251. The molecule has 32 heavy (non-hydrogen) atoms. The molecule has 0 saturated carbocycles. The van der Waals surface area contributed by atoms with Crippen molar-refractivity contribution in [3.63, 3.8) is 0 Å². The summed E-state index contributed by atoms with van der Waals surface area (Å²) in [5.74, 6) is 1.07. The highest BCUT2D eigenvalue weighted by molar-refractivity contribution is 5.77. The summed E-state index contributed by atoms with van der Waals surface area (Å²) < 4.78 is 27.4. The summed E-state index contributed by atoms with van der Waals surface area (Å²) in [5.41, 5.74) is 4.65. The lowest BCUT2D eigenvalue weighted by Crippen LogP contribution is -2.09. The highest BCUT2D eigenvalue weighted by Gasteiger charge is 2.20. The zero-order chi connectivity index (χ0) is 22.1. The molecule has 1 aliphatic rings. The molecule has 3 aromatic heterocycles. The van der Waals surface area contributed by atoms with Crippen LogP contribution in [0.25, 0.3) is 16.8 Å². The zero-order valence-electron chi connectivity index (χ0n) is 17.9. The van der Waals surface area contributed by atoms with Crippen LogP contribution in [-0.2, 0) is 13.0 Å². The Morgan fingerprint density at radius 1 is 1.19 bits per heavy atom. The van der Waals surface area contributed by atoms with Crippen LogP contribution >= 0.6 is 0 Å². The largest absolute Gasteiger partial charge is 0.493 e. The van der Waals surface area contributed by atoms with Crippen LogP contribution in [0.5, 0.6) is 11.8 Å². The number of anilines is 1. The van der Waals surface area contributed by atoms with E-state index in [1.54, 1.807) is 24.7 Å². The minimum Gasteiger partial charge on any atom is -0.493 e. The summed E-state index contributed by atoms with van der Waals surface area (Å²) in [6, 6.07) is 3.48. The van der Waals surface area contributed by atoms with Crippen LogP contribution < -0.4 is 14.8 Å². The van der Waals surface area contributed by atoms with Gasteiger partial charge in [0.25, 0.3) is 0 Å². The molecule has 1 aliphatic heterocycles. The van der Waals surface area contributed by atoms with Crippen molar-refractivity contribution in [2.45, 2.75) is 33.2 Å². The fourth-order valence-electron chi connectivity index (χ4n) is 3.83. The Kier molecular flexibility index (Phi) is 5.30. The van der Waals surface area contributed by atoms with Gasteiger partial charge < -0.3 is 14.8 Å². The van der Waals surface area contributed by atoms with Gasteiger partial charge >= 0.3 is 6.01 Å². The number of ether oxygens (including phenoxy) is 2. The molecule has 0 bridgehead atoms. The smallest absolute Gasteiger partial charge is 0.316 e. The predicted molar refractivity (Wildman–Crippen MR) is 117 cm³/mol. The monoisotopic (exact) mass is 434 g/mol. The van der Waals surface area contributed by atoms with Crippen molar-refractivity contribution >= 4 is 11.6 Å². The second-order valence-corrected chi connectivity index (χ2v) is 7.63. The normalized spacial score (nSPS) is 12.6. The standard InChI is InChI=1S/C23H23FN6O2/c1-3-7-32-23-27-9-15(10-28-23)17-11-25-22(30-13-14(2)29-21(17)30)26-12-18-16-6-8-31-20(16)5-4-19(18)24/h4-5,9-11,13H,3,6-8,12H2,1-2H3,(H,25,26). The van der Waals surface area contributed by atoms with Crippen molar-refractivity contribution in [3.8, 4) is 22.9 Å². The molecule has 0 aliphatic carbocycles. The van der Waals surface area contributed by atoms with Crippen LogP contribution in [0.4, 0.5) is 10.3 Å². The van der Waals surface area contributed by atoms with Gasteiger partial charge in [0.1, 0.15) is 17.2 Å². The Balaban J connectivity index is 1.45. The predicted octanol–water partition coefficient (Wildman–Crippen LogP) is 3.97. The van der Waals surface area contributed by atoms with E-state index in [4.69, 9.17) is 9.47 Å². The van der Waals surface area contributed by atoms with Gasteiger partial charge in [0.15, 0.2) is 0 Å². The van der Waals surface area contributed by atoms with E-state index in [-0.39, 0.29) is 5.82 Å². The third-order valence-electron chi connectivity index (χ3n) is 5.35. The van der Waals surface area contributed by atoms with Crippen molar-refractivity contribution in [2.24, 2.45) is 0 Å². The number of rotatable bonds is 7. The van der Waals surface area contributed by atoms with Gasteiger partial charge in [-0.2, -0.15) is 0 Å². The van der Waals surface area contributed by atoms with Crippen molar-refractivity contribution in [2.75, 3.05) is 18.5 Å².